The molecule has 1 aliphatic heterocycles. The molecule has 2 bridgehead atoms. The molecule has 0 spiro atoms. The van der Waals surface area contributed by atoms with Crippen LogP contribution in [-0.2, 0) is 9.53 Å². The molecular weight excluding hydrogens is 288 g/mol. The third kappa shape index (κ3) is 3.22. The monoisotopic (exact) mass is 316 g/mol. The normalized spacial score (nSPS) is 35.0. The third-order valence-corrected chi connectivity index (χ3v) is 6.01. The summed E-state index contributed by atoms with van der Waals surface area (Å²) >= 11 is 0. The summed E-state index contributed by atoms with van der Waals surface area (Å²) in [5, 5.41) is 6.58. The van der Waals surface area contributed by atoms with Crippen LogP contribution in [-0.4, -0.2) is 37.7 Å². The van der Waals surface area contributed by atoms with Crippen molar-refractivity contribution >= 4 is 18.3 Å². The molecule has 3 aliphatic rings. The van der Waals surface area contributed by atoms with Gasteiger partial charge in [0.25, 0.3) is 5.91 Å². The lowest BCUT2D eigenvalue weighted by molar-refractivity contribution is -0.147. The third-order valence-electron chi connectivity index (χ3n) is 6.01. The van der Waals surface area contributed by atoms with Crippen LogP contribution >= 0.6 is 12.4 Å². The van der Waals surface area contributed by atoms with Crippen molar-refractivity contribution in [2.24, 2.45) is 17.8 Å². The molecule has 3 rings (SSSR count). The van der Waals surface area contributed by atoms with Crippen LogP contribution in [0.5, 0.6) is 0 Å². The largest absolute Gasteiger partial charge is 0.368 e. The first kappa shape index (κ1) is 17.0. The van der Waals surface area contributed by atoms with Gasteiger partial charge in [-0.15, -0.1) is 12.4 Å². The maximum atomic E-state index is 12.7. The van der Waals surface area contributed by atoms with Crippen LogP contribution in [0.4, 0.5) is 0 Å². The molecule has 122 valence electrons. The highest BCUT2D eigenvalue weighted by molar-refractivity contribution is 5.86. The maximum Gasteiger partial charge on any atom is 0.252 e. The van der Waals surface area contributed by atoms with E-state index in [1.807, 2.05) is 0 Å². The summed E-state index contributed by atoms with van der Waals surface area (Å²) in [6.07, 6.45) is 7.04. The van der Waals surface area contributed by atoms with Gasteiger partial charge in [0, 0.05) is 13.2 Å². The molecule has 0 aromatic heterocycles. The molecule has 1 heterocycles. The molecule has 2 aliphatic carbocycles. The van der Waals surface area contributed by atoms with Crippen LogP contribution in [0, 0.1) is 17.8 Å². The Balaban J connectivity index is 0.00000161. The fourth-order valence-corrected chi connectivity index (χ4v) is 4.71. The number of hydrogen-bond acceptors (Lipinski definition) is 3. The first-order chi connectivity index (χ1) is 9.64. The molecule has 4 unspecified atom stereocenters. The van der Waals surface area contributed by atoms with Crippen molar-refractivity contribution in [3.63, 3.8) is 0 Å². The van der Waals surface area contributed by atoms with E-state index >= 15 is 0 Å². The van der Waals surface area contributed by atoms with Gasteiger partial charge in [-0.3, -0.25) is 4.79 Å². The van der Waals surface area contributed by atoms with Gasteiger partial charge < -0.3 is 15.4 Å². The number of piperidine rings is 1. The minimum absolute atomic E-state index is 0. The van der Waals surface area contributed by atoms with Crippen molar-refractivity contribution < 1.29 is 9.53 Å². The molecule has 0 aromatic rings. The molecule has 3 fully saturated rings. The van der Waals surface area contributed by atoms with E-state index < -0.39 is 5.60 Å². The lowest BCUT2D eigenvalue weighted by atomic mass is 9.83. The molecule has 1 saturated heterocycles. The first-order valence-corrected chi connectivity index (χ1v) is 8.21. The van der Waals surface area contributed by atoms with E-state index in [0.717, 1.165) is 37.8 Å². The Morgan fingerprint density at radius 3 is 2.52 bits per heavy atom. The van der Waals surface area contributed by atoms with Gasteiger partial charge in [0.2, 0.25) is 0 Å². The van der Waals surface area contributed by atoms with Crippen molar-refractivity contribution in [1.82, 2.24) is 10.6 Å². The molecular formula is C16H29ClN2O2. The zero-order chi connectivity index (χ0) is 14.2. The number of nitrogens with one attached hydrogen (secondary N) is 2. The lowest BCUT2D eigenvalue weighted by Crippen LogP contribution is -2.56. The SMILES string of the molecule is COC1(C(=O)NC(C)C2CC3CCC2C3)CCNCC1.Cl. The van der Waals surface area contributed by atoms with Crippen molar-refractivity contribution in [3.05, 3.63) is 0 Å². The van der Waals surface area contributed by atoms with E-state index in [1.54, 1.807) is 7.11 Å². The number of methoxy groups -OCH3 is 1. The Morgan fingerprint density at radius 2 is 2.00 bits per heavy atom. The smallest absolute Gasteiger partial charge is 0.252 e. The molecule has 4 atom stereocenters. The Kier molecular flexibility index (Phi) is 5.55. The van der Waals surface area contributed by atoms with E-state index in [4.69, 9.17) is 4.74 Å². The first-order valence-electron chi connectivity index (χ1n) is 8.21. The van der Waals surface area contributed by atoms with E-state index in [9.17, 15) is 4.79 Å². The zero-order valence-corrected chi connectivity index (χ0v) is 14.0. The molecule has 1 amide bonds. The minimum atomic E-state index is -0.600. The highest BCUT2D eigenvalue weighted by atomic mass is 35.5. The topological polar surface area (TPSA) is 50.4 Å². The summed E-state index contributed by atoms with van der Waals surface area (Å²) < 4.78 is 5.61. The van der Waals surface area contributed by atoms with Crippen LogP contribution in [0.15, 0.2) is 0 Å². The summed E-state index contributed by atoms with van der Waals surface area (Å²) in [5.74, 6) is 2.58. The number of carbonyl (C=O) groups excluding carboxylic acids is 1. The fourth-order valence-electron chi connectivity index (χ4n) is 4.71. The van der Waals surface area contributed by atoms with Crippen LogP contribution in [0.1, 0.15) is 45.4 Å². The second-order valence-electron chi connectivity index (χ2n) is 7.05. The van der Waals surface area contributed by atoms with Crippen LogP contribution in [0.2, 0.25) is 0 Å². The van der Waals surface area contributed by atoms with Gasteiger partial charge in [-0.1, -0.05) is 6.42 Å². The van der Waals surface area contributed by atoms with Gasteiger partial charge in [-0.05, 0) is 69.9 Å². The molecule has 4 nitrogen and oxygen atoms in total. The number of halogens is 1. The van der Waals surface area contributed by atoms with Crippen molar-refractivity contribution in [2.75, 3.05) is 20.2 Å². The minimum Gasteiger partial charge on any atom is -0.368 e. The van der Waals surface area contributed by atoms with E-state index in [-0.39, 0.29) is 18.3 Å². The van der Waals surface area contributed by atoms with Gasteiger partial charge in [-0.25, -0.2) is 0 Å². The summed E-state index contributed by atoms with van der Waals surface area (Å²) in [7, 11) is 1.67. The average molecular weight is 317 g/mol. The molecule has 5 heteroatoms. The average Bonchev–Trinajstić information content (AvgIpc) is 3.10. The molecule has 0 radical (unpaired) electrons. The predicted octanol–water partition coefficient (Wildman–Crippen LogP) is 2.12. The molecule has 21 heavy (non-hydrogen) atoms. The quantitative estimate of drug-likeness (QED) is 0.835. The Morgan fingerprint density at radius 1 is 1.29 bits per heavy atom. The van der Waals surface area contributed by atoms with Gasteiger partial charge >= 0.3 is 0 Å². The summed E-state index contributed by atoms with van der Waals surface area (Å²) in [4.78, 5) is 12.7. The summed E-state index contributed by atoms with van der Waals surface area (Å²) in [6, 6.07) is 0.291. The van der Waals surface area contributed by atoms with Crippen LogP contribution in [0.3, 0.4) is 0 Å². The Bertz CT molecular complexity index is 371. The molecule has 0 aromatic carbocycles. The number of rotatable bonds is 4. The fraction of sp³-hybridized carbons (Fsp3) is 0.938. The lowest BCUT2D eigenvalue weighted by Gasteiger charge is -2.37. The van der Waals surface area contributed by atoms with Gasteiger partial charge in [0.15, 0.2) is 0 Å². The highest BCUT2D eigenvalue weighted by Crippen LogP contribution is 2.49. The van der Waals surface area contributed by atoms with Crippen LogP contribution < -0.4 is 10.6 Å². The van der Waals surface area contributed by atoms with E-state index in [1.165, 1.54) is 25.7 Å². The van der Waals surface area contributed by atoms with Crippen LogP contribution in [0.25, 0.3) is 0 Å². The van der Waals surface area contributed by atoms with Crippen molar-refractivity contribution in [2.45, 2.75) is 57.1 Å². The van der Waals surface area contributed by atoms with Crippen molar-refractivity contribution in [1.29, 1.82) is 0 Å². The molecule has 2 N–H and O–H groups in total. The Hall–Kier alpha value is -0.320. The zero-order valence-electron chi connectivity index (χ0n) is 13.2. The summed E-state index contributed by atoms with van der Waals surface area (Å²) in [6.45, 7) is 3.92. The van der Waals surface area contributed by atoms with Gasteiger partial charge in [-0.2, -0.15) is 0 Å². The number of carbonyl (C=O) groups is 1. The second-order valence-corrected chi connectivity index (χ2v) is 7.05. The summed E-state index contributed by atoms with van der Waals surface area (Å²) in [5.41, 5.74) is -0.600. The molecule has 2 saturated carbocycles. The van der Waals surface area contributed by atoms with Gasteiger partial charge in [0.1, 0.15) is 5.60 Å². The second kappa shape index (κ2) is 6.84. The van der Waals surface area contributed by atoms with Crippen molar-refractivity contribution in [3.8, 4) is 0 Å². The number of fused-ring (bicyclic) bond motifs is 2. The highest BCUT2D eigenvalue weighted by Gasteiger charge is 2.45. The van der Waals surface area contributed by atoms with E-state index in [0.29, 0.717) is 12.0 Å². The predicted molar refractivity (Wildman–Crippen MR) is 85.6 cm³/mol. The standard InChI is InChI=1S/C16H28N2O2.ClH/c1-11(14-10-12-3-4-13(14)9-12)18-15(19)16(20-2)5-7-17-8-6-16;/h11-14,17H,3-10H2,1-2H3,(H,18,19);1H. The number of amides is 1. The Labute approximate surface area is 134 Å². The number of hydrogen-bond donors (Lipinski definition) is 2. The maximum absolute atomic E-state index is 12.7. The van der Waals surface area contributed by atoms with Gasteiger partial charge in [0.05, 0.1) is 0 Å². The number of ether oxygens (including phenoxy) is 1. The van der Waals surface area contributed by atoms with E-state index in [2.05, 4.69) is 17.6 Å².